The van der Waals surface area contributed by atoms with Crippen LogP contribution in [0.3, 0.4) is 0 Å². The van der Waals surface area contributed by atoms with Gasteiger partial charge in [-0.15, -0.1) is 0 Å². The summed E-state index contributed by atoms with van der Waals surface area (Å²) in [4.78, 5) is 11.9. The Bertz CT molecular complexity index is 789. The number of hydrogen-bond acceptors (Lipinski definition) is 4. The molecule has 0 aliphatic carbocycles. The highest BCUT2D eigenvalue weighted by atomic mass is 16.4. The number of likely N-dealkylation sites (tertiary alicyclic amines) is 1. The average molecular weight is 426 g/mol. The standard InChI is InChI=1S/C25H39N5O/c1-5-26-25(28-19(2)11-12-22-9-7-6-8-10-22)27-17-23-13-15-30(16-14-23)18-24-29-20(3)21(4)31-24/h6-10,19,23H,5,11-18H2,1-4H3,(H2,26,27,28). The van der Waals surface area contributed by atoms with Gasteiger partial charge in [0.25, 0.3) is 0 Å². The molecule has 0 spiro atoms. The monoisotopic (exact) mass is 425 g/mol. The molecule has 31 heavy (non-hydrogen) atoms. The molecule has 2 aromatic rings. The van der Waals surface area contributed by atoms with Crippen molar-refractivity contribution in [2.24, 2.45) is 10.9 Å². The van der Waals surface area contributed by atoms with Crippen LogP contribution < -0.4 is 10.6 Å². The number of aliphatic imine (C=N–C) groups is 1. The predicted octanol–water partition coefficient (Wildman–Crippen LogP) is 4.08. The first-order valence-electron chi connectivity index (χ1n) is 11.8. The normalized spacial score (nSPS) is 17.0. The van der Waals surface area contributed by atoms with E-state index in [4.69, 9.17) is 9.41 Å². The molecule has 1 aliphatic rings. The molecular formula is C25H39N5O. The smallest absolute Gasteiger partial charge is 0.208 e. The topological polar surface area (TPSA) is 65.7 Å². The van der Waals surface area contributed by atoms with Crippen LogP contribution in [0.4, 0.5) is 0 Å². The summed E-state index contributed by atoms with van der Waals surface area (Å²) in [5, 5.41) is 6.99. The number of rotatable bonds is 9. The molecule has 1 aliphatic heterocycles. The molecule has 0 amide bonds. The highest BCUT2D eigenvalue weighted by Crippen LogP contribution is 2.20. The number of guanidine groups is 1. The van der Waals surface area contributed by atoms with Crippen molar-refractivity contribution >= 4 is 5.96 Å². The number of benzene rings is 1. The van der Waals surface area contributed by atoms with Crippen molar-refractivity contribution in [1.82, 2.24) is 20.5 Å². The van der Waals surface area contributed by atoms with E-state index in [0.717, 1.165) is 68.9 Å². The fraction of sp³-hybridized carbons (Fsp3) is 0.600. The number of nitrogens with zero attached hydrogens (tertiary/aromatic N) is 3. The first-order valence-corrected chi connectivity index (χ1v) is 11.8. The lowest BCUT2D eigenvalue weighted by atomic mass is 9.97. The highest BCUT2D eigenvalue weighted by molar-refractivity contribution is 5.80. The molecule has 1 aromatic carbocycles. The summed E-state index contributed by atoms with van der Waals surface area (Å²) in [5.74, 6) is 3.35. The van der Waals surface area contributed by atoms with Crippen molar-refractivity contribution in [1.29, 1.82) is 0 Å². The lowest BCUT2D eigenvalue weighted by molar-refractivity contribution is 0.166. The van der Waals surface area contributed by atoms with E-state index in [-0.39, 0.29) is 0 Å². The van der Waals surface area contributed by atoms with Gasteiger partial charge in [0.2, 0.25) is 5.89 Å². The van der Waals surface area contributed by atoms with E-state index in [2.05, 4.69) is 64.7 Å². The largest absolute Gasteiger partial charge is 0.444 e. The maximum absolute atomic E-state index is 5.74. The Morgan fingerprint density at radius 3 is 2.61 bits per heavy atom. The molecule has 1 fully saturated rings. The molecule has 2 heterocycles. The third-order valence-corrected chi connectivity index (χ3v) is 6.08. The second-order valence-corrected chi connectivity index (χ2v) is 8.76. The lowest BCUT2D eigenvalue weighted by Gasteiger charge is -2.30. The van der Waals surface area contributed by atoms with Crippen LogP contribution in [0.1, 0.15) is 56.0 Å². The van der Waals surface area contributed by atoms with Crippen molar-refractivity contribution in [2.45, 2.75) is 66.0 Å². The molecule has 6 nitrogen and oxygen atoms in total. The van der Waals surface area contributed by atoms with Gasteiger partial charge in [0.1, 0.15) is 5.76 Å². The lowest BCUT2D eigenvalue weighted by Crippen LogP contribution is -2.43. The Balaban J connectivity index is 1.41. The summed E-state index contributed by atoms with van der Waals surface area (Å²) in [6.45, 7) is 13.1. The summed E-state index contributed by atoms with van der Waals surface area (Å²) in [5.41, 5.74) is 2.39. The Morgan fingerprint density at radius 2 is 1.97 bits per heavy atom. The number of hydrogen-bond donors (Lipinski definition) is 2. The average Bonchev–Trinajstić information content (AvgIpc) is 3.09. The van der Waals surface area contributed by atoms with Crippen molar-refractivity contribution in [3.05, 3.63) is 53.2 Å². The van der Waals surface area contributed by atoms with Crippen LogP contribution in [0.5, 0.6) is 0 Å². The second kappa shape index (κ2) is 11.9. The van der Waals surface area contributed by atoms with Crippen LogP contribution in [-0.4, -0.2) is 48.1 Å². The summed E-state index contributed by atoms with van der Waals surface area (Å²) >= 11 is 0. The molecule has 1 aromatic heterocycles. The number of aromatic nitrogens is 1. The number of nitrogens with one attached hydrogen (secondary N) is 2. The minimum absolute atomic E-state index is 0.382. The molecule has 3 rings (SSSR count). The number of aryl methyl sites for hydroxylation is 3. The highest BCUT2D eigenvalue weighted by Gasteiger charge is 2.21. The van der Waals surface area contributed by atoms with Crippen LogP contribution in [0.2, 0.25) is 0 Å². The first kappa shape index (κ1) is 23.3. The molecule has 170 valence electrons. The van der Waals surface area contributed by atoms with E-state index in [1.165, 1.54) is 18.4 Å². The third-order valence-electron chi connectivity index (χ3n) is 6.08. The second-order valence-electron chi connectivity index (χ2n) is 8.76. The van der Waals surface area contributed by atoms with E-state index >= 15 is 0 Å². The van der Waals surface area contributed by atoms with Crippen LogP contribution in [0, 0.1) is 19.8 Å². The Morgan fingerprint density at radius 1 is 1.23 bits per heavy atom. The fourth-order valence-electron chi connectivity index (χ4n) is 4.00. The van der Waals surface area contributed by atoms with Crippen LogP contribution in [0.15, 0.2) is 39.7 Å². The minimum Gasteiger partial charge on any atom is -0.444 e. The molecule has 0 bridgehead atoms. The summed E-state index contributed by atoms with van der Waals surface area (Å²) in [6.07, 6.45) is 4.51. The zero-order chi connectivity index (χ0) is 22.1. The predicted molar refractivity (Wildman–Crippen MR) is 127 cm³/mol. The zero-order valence-corrected chi connectivity index (χ0v) is 19.7. The first-order chi connectivity index (χ1) is 15.0. The van der Waals surface area contributed by atoms with Gasteiger partial charge >= 0.3 is 0 Å². The van der Waals surface area contributed by atoms with Gasteiger partial charge in [-0.1, -0.05) is 30.3 Å². The van der Waals surface area contributed by atoms with Gasteiger partial charge < -0.3 is 15.1 Å². The van der Waals surface area contributed by atoms with Gasteiger partial charge in [-0.25, -0.2) is 4.98 Å². The molecule has 1 saturated heterocycles. The van der Waals surface area contributed by atoms with Crippen molar-refractivity contribution in [2.75, 3.05) is 26.2 Å². The zero-order valence-electron chi connectivity index (χ0n) is 19.7. The van der Waals surface area contributed by atoms with Crippen molar-refractivity contribution in [3.63, 3.8) is 0 Å². The molecule has 6 heteroatoms. The Hall–Kier alpha value is -2.34. The maximum Gasteiger partial charge on any atom is 0.208 e. The molecule has 1 atom stereocenters. The van der Waals surface area contributed by atoms with Gasteiger partial charge in [-0.3, -0.25) is 9.89 Å². The summed E-state index contributed by atoms with van der Waals surface area (Å²) < 4.78 is 5.74. The van der Waals surface area contributed by atoms with Crippen molar-refractivity contribution < 1.29 is 4.42 Å². The van der Waals surface area contributed by atoms with E-state index in [0.29, 0.717) is 12.0 Å². The Kier molecular flexibility index (Phi) is 8.95. The molecule has 0 radical (unpaired) electrons. The number of piperidine rings is 1. The van der Waals surface area contributed by atoms with E-state index in [1.54, 1.807) is 0 Å². The summed E-state index contributed by atoms with van der Waals surface area (Å²) in [6, 6.07) is 11.1. The van der Waals surface area contributed by atoms with Crippen molar-refractivity contribution in [3.8, 4) is 0 Å². The van der Waals surface area contributed by atoms with Gasteiger partial charge in [0.15, 0.2) is 5.96 Å². The molecule has 0 saturated carbocycles. The van der Waals surface area contributed by atoms with E-state index in [9.17, 15) is 0 Å². The Labute approximate surface area is 187 Å². The molecule has 1 unspecified atom stereocenters. The van der Waals surface area contributed by atoms with Gasteiger partial charge in [-0.2, -0.15) is 0 Å². The minimum atomic E-state index is 0.382. The SMILES string of the molecule is CCNC(=NCC1CCN(Cc2nc(C)c(C)o2)CC1)NC(C)CCc1ccccc1. The maximum atomic E-state index is 5.74. The molecular weight excluding hydrogens is 386 g/mol. The van der Waals surface area contributed by atoms with Gasteiger partial charge in [-0.05, 0) is 77.9 Å². The van der Waals surface area contributed by atoms with E-state index in [1.807, 2.05) is 13.8 Å². The van der Waals surface area contributed by atoms with Crippen LogP contribution in [-0.2, 0) is 13.0 Å². The molecule has 2 N–H and O–H groups in total. The van der Waals surface area contributed by atoms with Crippen LogP contribution in [0.25, 0.3) is 0 Å². The third kappa shape index (κ3) is 7.69. The van der Waals surface area contributed by atoms with Gasteiger partial charge in [0, 0.05) is 19.1 Å². The van der Waals surface area contributed by atoms with Gasteiger partial charge in [0.05, 0.1) is 12.2 Å². The number of oxazole rings is 1. The van der Waals surface area contributed by atoms with E-state index < -0.39 is 0 Å². The fourth-order valence-corrected chi connectivity index (χ4v) is 4.00. The summed E-state index contributed by atoms with van der Waals surface area (Å²) in [7, 11) is 0. The quantitative estimate of drug-likeness (QED) is 0.468. The van der Waals surface area contributed by atoms with Crippen LogP contribution >= 0.6 is 0 Å².